The van der Waals surface area contributed by atoms with E-state index in [-0.39, 0.29) is 18.0 Å². The van der Waals surface area contributed by atoms with Gasteiger partial charge in [-0.3, -0.25) is 0 Å². The van der Waals surface area contributed by atoms with Crippen molar-refractivity contribution in [1.29, 1.82) is 0 Å². The zero-order valence-electron chi connectivity index (χ0n) is 12.6. The van der Waals surface area contributed by atoms with E-state index in [9.17, 15) is 9.18 Å². The van der Waals surface area contributed by atoms with Gasteiger partial charge in [0.15, 0.2) is 6.10 Å². The van der Waals surface area contributed by atoms with Gasteiger partial charge >= 0.3 is 6.03 Å². The van der Waals surface area contributed by atoms with Crippen LogP contribution in [0.1, 0.15) is 18.9 Å². The number of hydrogen-bond donors (Lipinski definition) is 1. The van der Waals surface area contributed by atoms with E-state index in [0.29, 0.717) is 37.3 Å². The molecule has 0 fully saturated rings. The third kappa shape index (κ3) is 4.07. The van der Waals surface area contributed by atoms with E-state index >= 15 is 0 Å². The van der Waals surface area contributed by atoms with E-state index < -0.39 is 0 Å². The van der Waals surface area contributed by atoms with Crippen LogP contribution in [0.25, 0.3) is 0 Å². The second kappa shape index (κ2) is 7.59. The van der Waals surface area contributed by atoms with Crippen molar-refractivity contribution in [2.24, 2.45) is 5.16 Å². The standard InChI is InChI=1S/C16H20FN3O2/c1-3-8-20(16(21)18-4-2)11-14-10-15(19-22-14)12-6-5-7-13(17)9-12/h3,5-7,9,14H,1,4,8,10-11H2,2H3,(H,18,21)/t14-/m1/s1. The van der Waals surface area contributed by atoms with Gasteiger partial charge in [-0.25, -0.2) is 9.18 Å². The highest BCUT2D eigenvalue weighted by atomic mass is 19.1. The Kier molecular flexibility index (Phi) is 5.52. The van der Waals surface area contributed by atoms with E-state index in [1.54, 1.807) is 23.1 Å². The van der Waals surface area contributed by atoms with Crippen molar-refractivity contribution in [3.05, 3.63) is 48.3 Å². The van der Waals surface area contributed by atoms with Crippen LogP contribution in [0.15, 0.2) is 42.1 Å². The van der Waals surface area contributed by atoms with E-state index in [2.05, 4.69) is 17.1 Å². The van der Waals surface area contributed by atoms with Crippen molar-refractivity contribution in [2.45, 2.75) is 19.4 Å². The number of benzene rings is 1. The Morgan fingerprint density at radius 2 is 2.45 bits per heavy atom. The fourth-order valence-corrected chi connectivity index (χ4v) is 2.27. The number of carbonyl (C=O) groups excluding carboxylic acids is 1. The Morgan fingerprint density at radius 3 is 3.14 bits per heavy atom. The Balaban J connectivity index is 1.96. The molecule has 0 spiro atoms. The number of amides is 2. The number of rotatable bonds is 6. The monoisotopic (exact) mass is 305 g/mol. The number of urea groups is 1. The van der Waals surface area contributed by atoms with Crippen LogP contribution in [0.2, 0.25) is 0 Å². The van der Waals surface area contributed by atoms with Gasteiger partial charge in [0.2, 0.25) is 0 Å². The summed E-state index contributed by atoms with van der Waals surface area (Å²) in [6, 6.07) is 6.08. The van der Waals surface area contributed by atoms with E-state index in [1.807, 2.05) is 6.92 Å². The number of nitrogens with one attached hydrogen (secondary N) is 1. The largest absolute Gasteiger partial charge is 0.390 e. The number of nitrogens with zero attached hydrogens (tertiary/aromatic N) is 2. The quantitative estimate of drug-likeness (QED) is 0.821. The highest BCUT2D eigenvalue weighted by molar-refractivity contribution is 6.01. The van der Waals surface area contributed by atoms with Gasteiger partial charge in [0.05, 0.1) is 12.3 Å². The maximum absolute atomic E-state index is 13.3. The molecule has 2 rings (SSSR count). The highest BCUT2D eigenvalue weighted by Gasteiger charge is 2.26. The SMILES string of the molecule is C=CCN(C[C@H]1CC(c2cccc(F)c2)=NO1)C(=O)NCC. The van der Waals surface area contributed by atoms with Gasteiger partial charge in [-0.1, -0.05) is 23.4 Å². The second-order valence-electron chi connectivity index (χ2n) is 5.01. The Labute approximate surface area is 129 Å². The Morgan fingerprint density at radius 1 is 1.64 bits per heavy atom. The highest BCUT2D eigenvalue weighted by Crippen LogP contribution is 2.18. The molecule has 1 atom stereocenters. The van der Waals surface area contributed by atoms with Gasteiger partial charge in [0.25, 0.3) is 0 Å². The first-order valence-corrected chi connectivity index (χ1v) is 7.26. The Hall–Kier alpha value is -2.37. The maximum atomic E-state index is 13.3. The zero-order chi connectivity index (χ0) is 15.9. The molecular weight excluding hydrogens is 285 g/mol. The molecular formula is C16H20FN3O2. The minimum Gasteiger partial charge on any atom is -0.390 e. The molecule has 0 radical (unpaired) electrons. The second-order valence-corrected chi connectivity index (χ2v) is 5.01. The van der Waals surface area contributed by atoms with Gasteiger partial charge < -0.3 is 15.1 Å². The van der Waals surface area contributed by atoms with Gasteiger partial charge in [-0.15, -0.1) is 6.58 Å². The number of oxime groups is 1. The summed E-state index contributed by atoms with van der Waals surface area (Å²) >= 11 is 0. The lowest BCUT2D eigenvalue weighted by atomic mass is 10.0. The molecule has 0 aromatic heterocycles. The summed E-state index contributed by atoms with van der Waals surface area (Å²) in [5.74, 6) is -0.306. The first-order chi connectivity index (χ1) is 10.6. The molecule has 5 nitrogen and oxygen atoms in total. The van der Waals surface area contributed by atoms with Crippen molar-refractivity contribution in [3.63, 3.8) is 0 Å². The topological polar surface area (TPSA) is 53.9 Å². The first kappa shape index (κ1) is 16.0. The van der Waals surface area contributed by atoms with E-state index in [0.717, 1.165) is 0 Å². The van der Waals surface area contributed by atoms with Crippen molar-refractivity contribution in [1.82, 2.24) is 10.2 Å². The molecule has 1 aromatic rings. The van der Waals surface area contributed by atoms with Crippen molar-refractivity contribution < 1.29 is 14.0 Å². The summed E-state index contributed by atoms with van der Waals surface area (Å²) in [5, 5.41) is 6.76. The summed E-state index contributed by atoms with van der Waals surface area (Å²) < 4.78 is 13.3. The Bertz CT molecular complexity index is 574. The summed E-state index contributed by atoms with van der Waals surface area (Å²) in [6.07, 6.45) is 1.97. The third-order valence-electron chi connectivity index (χ3n) is 3.28. The molecule has 0 saturated heterocycles. The van der Waals surface area contributed by atoms with Crippen molar-refractivity contribution in [3.8, 4) is 0 Å². The minimum absolute atomic E-state index is 0.162. The third-order valence-corrected chi connectivity index (χ3v) is 3.28. The zero-order valence-corrected chi connectivity index (χ0v) is 12.6. The summed E-state index contributed by atoms with van der Waals surface area (Å²) in [7, 11) is 0. The average molecular weight is 305 g/mol. The normalized spacial score (nSPS) is 16.6. The molecule has 1 N–H and O–H groups in total. The molecule has 118 valence electrons. The van der Waals surface area contributed by atoms with Crippen LogP contribution in [0.3, 0.4) is 0 Å². The molecule has 0 unspecified atom stereocenters. The van der Waals surface area contributed by atoms with Crippen LogP contribution >= 0.6 is 0 Å². The average Bonchev–Trinajstić information content (AvgIpc) is 2.96. The van der Waals surface area contributed by atoms with E-state index in [4.69, 9.17) is 4.84 Å². The fourth-order valence-electron chi connectivity index (χ4n) is 2.27. The van der Waals surface area contributed by atoms with Crippen molar-refractivity contribution in [2.75, 3.05) is 19.6 Å². The van der Waals surface area contributed by atoms with Gasteiger partial charge in [0.1, 0.15) is 5.82 Å². The van der Waals surface area contributed by atoms with Gasteiger partial charge in [0, 0.05) is 25.1 Å². The minimum atomic E-state index is -0.306. The van der Waals surface area contributed by atoms with Crippen LogP contribution in [0.5, 0.6) is 0 Å². The fraction of sp³-hybridized carbons (Fsp3) is 0.375. The van der Waals surface area contributed by atoms with Crippen LogP contribution < -0.4 is 5.32 Å². The molecule has 1 heterocycles. The molecule has 0 saturated carbocycles. The first-order valence-electron chi connectivity index (χ1n) is 7.26. The molecule has 2 amide bonds. The van der Waals surface area contributed by atoms with E-state index in [1.165, 1.54) is 12.1 Å². The summed E-state index contributed by atoms with van der Waals surface area (Å²) in [4.78, 5) is 18.9. The maximum Gasteiger partial charge on any atom is 0.317 e. The number of hydrogen-bond acceptors (Lipinski definition) is 3. The summed E-state index contributed by atoms with van der Waals surface area (Å²) in [6.45, 7) is 6.91. The van der Waals surface area contributed by atoms with Gasteiger partial charge in [-0.05, 0) is 19.1 Å². The number of carbonyl (C=O) groups is 1. The van der Waals surface area contributed by atoms with Crippen LogP contribution in [-0.2, 0) is 4.84 Å². The number of halogens is 1. The van der Waals surface area contributed by atoms with Crippen LogP contribution in [0.4, 0.5) is 9.18 Å². The lowest BCUT2D eigenvalue weighted by molar-refractivity contribution is 0.0630. The van der Waals surface area contributed by atoms with Crippen LogP contribution in [-0.4, -0.2) is 42.4 Å². The molecule has 22 heavy (non-hydrogen) atoms. The summed E-state index contributed by atoms with van der Waals surface area (Å²) in [5.41, 5.74) is 1.40. The lowest BCUT2D eigenvalue weighted by Crippen LogP contribution is -2.43. The molecule has 1 aliphatic rings. The lowest BCUT2D eigenvalue weighted by Gasteiger charge is -2.23. The predicted octanol–water partition coefficient (Wildman–Crippen LogP) is 2.54. The molecule has 1 aliphatic heterocycles. The molecule has 0 aliphatic carbocycles. The van der Waals surface area contributed by atoms with Crippen molar-refractivity contribution >= 4 is 11.7 Å². The molecule has 6 heteroatoms. The molecule has 1 aromatic carbocycles. The predicted molar refractivity (Wildman–Crippen MR) is 83.3 cm³/mol. The van der Waals surface area contributed by atoms with Crippen LogP contribution in [0, 0.1) is 5.82 Å². The molecule has 0 bridgehead atoms. The smallest absolute Gasteiger partial charge is 0.317 e. The van der Waals surface area contributed by atoms with Gasteiger partial charge in [-0.2, -0.15) is 0 Å².